The van der Waals surface area contributed by atoms with Gasteiger partial charge in [0.2, 0.25) is 0 Å². The van der Waals surface area contributed by atoms with E-state index in [1.807, 2.05) is 61.5 Å². The molecule has 1 fully saturated rings. The molecule has 4 rings (SSSR count). The Balaban J connectivity index is 1.49. The number of amides is 2. The van der Waals surface area contributed by atoms with Gasteiger partial charge < -0.3 is 21.5 Å². The third-order valence-electron chi connectivity index (χ3n) is 6.13. The lowest BCUT2D eigenvalue weighted by Gasteiger charge is -2.32. The topological polar surface area (TPSA) is 108 Å². The van der Waals surface area contributed by atoms with Crippen LogP contribution in [0.5, 0.6) is 0 Å². The molecule has 7 nitrogen and oxygen atoms in total. The third-order valence-corrected chi connectivity index (χ3v) is 6.13. The summed E-state index contributed by atoms with van der Waals surface area (Å²) in [6.07, 6.45) is -0.146. The molecule has 1 aliphatic heterocycles. The zero-order valence-corrected chi connectivity index (χ0v) is 18.5. The number of hydrogen-bond acceptors (Lipinski definition) is 4. The molecule has 3 aromatic rings. The van der Waals surface area contributed by atoms with Crippen LogP contribution in [-0.4, -0.2) is 41.1 Å². The van der Waals surface area contributed by atoms with E-state index < -0.39 is 6.09 Å². The molecule has 0 aromatic heterocycles. The summed E-state index contributed by atoms with van der Waals surface area (Å²) in [6.45, 7) is 3.34. The summed E-state index contributed by atoms with van der Waals surface area (Å²) >= 11 is 0. The van der Waals surface area contributed by atoms with Gasteiger partial charge in [-0.05, 0) is 60.8 Å². The summed E-state index contributed by atoms with van der Waals surface area (Å²) in [5.74, 6) is -0.277. The molecule has 2 atom stereocenters. The van der Waals surface area contributed by atoms with Gasteiger partial charge in [0, 0.05) is 18.2 Å². The molecular weight excluding hydrogens is 416 g/mol. The van der Waals surface area contributed by atoms with Crippen LogP contribution < -0.4 is 16.4 Å². The van der Waals surface area contributed by atoms with E-state index in [0.29, 0.717) is 23.5 Å². The van der Waals surface area contributed by atoms with E-state index >= 15 is 0 Å². The van der Waals surface area contributed by atoms with E-state index in [1.165, 1.54) is 4.90 Å². The van der Waals surface area contributed by atoms with Crippen molar-refractivity contribution >= 4 is 23.4 Å². The lowest BCUT2D eigenvalue weighted by Crippen LogP contribution is -2.42. The molecular formula is C26H28N4O3. The van der Waals surface area contributed by atoms with Crippen LogP contribution >= 0.6 is 0 Å². The Bertz CT molecular complexity index is 1130. The molecule has 1 heterocycles. The number of carbonyl (C=O) groups excluding carboxylic acids is 1. The highest BCUT2D eigenvalue weighted by molar-refractivity contribution is 6.06. The number of nitrogen functional groups attached to an aromatic ring is 1. The van der Waals surface area contributed by atoms with Gasteiger partial charge in [-0.15, -0.1) is 0 Å². The zero-order chi connectivity index (χ0) is 23.4. The fraction of sp³-hybridized carbons (Fsp3) is 0.231. The van der Waals surface area contributed by atoms with Crippen LogP contribution in [0, 0.1) is 0 Å². The van der Waals surface area contributed by atoms with Crippen molar-refractivity contribution in [2.24, 2.45) is 0 Å². The standard InChI is InChI=1S/C26H28N4O3/c1-17(30(26(32)33)22-13-14-28-16-22)18-7-9-20(10-8-18)25(31)29-24-15-21(11-12-23(24)27)19-5-3-2-4-6-19/h2-12,15,17,22,28H,13-14,16,27H2,1H3,(H,29,31)(H,32,33). The second kappa shape index (κ2) is 9.75. The molecule has 3 aromatic carbocycles. The number of anilines is 2. The number of nitrogens with two attached hydrogens (primary N) is 1. The number of nitrogens with one attached hydrogen (secondary N) is 2. The minimum absolute atomic E-state index is 0.0552. The van der Waals surface area contributed by atoms with E-state index in [2.05, 4.69) is 10.6 Å². The van der Waals surface area contributed by atoms with Crippen molar-refractivity contribution in [1.29, 1.82) is 0 Å². The molecule has 0 saturated carbocycles. The second-order valence-electron chi connectivity index (χ2n) is 8.26. The van der Waals surface area contributed by atoms with Gasteiger partial charge in [-0.25, -0.2) is 4.79 Å². The summed E-state index contributed by atoms with van der Waals surface area (Å²) in [5, 5.41) is 15.8. The number of carbonyl (C=O) groups is 2. The van der Waals surface area contributed by atoms with Gasteiger partial charge in [-0.2, -0.15) is 0 Å². The van der Waals surface area contributed by atoms with Crippen LogP contribution in [-0.2, 0) is 0 Å². The lowest BCUT2D eigenvalue weighted by atomic mass is 10.0. The van der Waals surface area contributed by atoms with Crippen LogP contribution in [0.4, 0.5) is 16.2 Å². The van der Waals surface area contributed by atoms with Crippen molar-refractivity contribution in [2.45, 2.75) is 25.4 Å². The normalized spacial score (nSPS) is 16.2. The molecule has 0 radical (unpaired) electrons. The summed E-state index contributed by atoms with van der Waals surface area (Å²) in [7, 11) is 0. The van der Waals surface area contributed by atoms with Gasteiger partial charge in [0.25, 0.3) is 5.91 Å². The minimum atomic E-state index is -0.938. The van der Waals surface area contributed by atoms with Crippen molar-refractivity contribution < 1.29 is 14.7 Å². The van der Waals surface area contributed by atoms with Crippen molar-refractivity contribution in [3.05, 3.63) is 83.9 Å². The summed E-state index contributed by atoms with van der Waals surface area (Å²) in [5.41, 5.74) is 10.4. The number of hydrogen-bond donors (Lipinski definition) is 4. The smallest absolute Gasteiger partial charge is 0.408 e. The largest absolute Gasteiger partial charge is 0.465 e. The Hall–Kier alpha value is -3.84. The van der Waals surface area contributed by atoms with Crippen LogP contribution in [0.3, 0.4) is 0 Å². The van der Waals surface area contributed by atoms with Crippen molar-refractivity contribution in [3.8, 4) is 11.1 Å². The molecule has 2 unspecified atom stereocenters. The summed E-state index contributed by atoms with van der Waals surface area (Å²) < 4.78 is 0. The molecule has 1 aliphatic rings. The third kappa shape index (κ3) is 4.99. The van der Waals surface area contributed by atoms with Crippen LogP contribution in [0.25, 0.3) is 11.1 Å². The second-order valence-corrected chi connectivity index (χ2v) is 8.26. The van der Waals surface area contributed by atoms with Gasteiger partial charge in [0.15, 0.2) is 0 Å². The zero-order valence-electron chi connectivity index (χ0n) is 18.5. The van der Waals surface area contributed by atoms with Crippen molar-refractivity contribution in [3.63, 3.8) is 0 Å². The van der Waals surface area contributed by atoms with Gasteiger partial charge in [0.05, 0.1) is 17.4 Å². The van der Waals surface area contributed by atoms with Gasteiger partial charge >= 0.3 is 6.09 Å². The predicted octanol–water partition coefficient (Wildman–Crippen LogP) is 4.59. The first kappa shape index (κ1) is 22.4. The van der Waals surface area contributed by atoms with Crippen LogP contribution in [0.15, 0.2) is 72.8 Å². The molecule has 170 valence electrons. The molecule has 0 bridgehead atoms. The Kier molecular flexibility index (Phi) is 6.60. The first-order valence-electron chi connectivity index (χ1n) is 11.0. The van der Waals surface area contributed by atoms with Crippen LogP contribution in [0.2, 0.25) is 0 Å². The molecule has 5 N–H and O–H groups in total. The quantitative estimate of drug-likeness (QED) is 0.416. The fourth-order valence-corrected chi connectivity index (χ4v) is 4.26. The molecule has 2 amide bonds. The van der Waals surface area contributed by atoms with E-state index in [9.17, 15) is 14.7 Å². The highest BCUT2D eigenvalue weighted by Gasteiger charge is 2.31. The maximum atomic E-state index is 12.9. The lowest BCUT2D eigenvalue weighted by molar-refractivity contribution is 0.102. The number of nitrogens with zero attached hydrogens (tertiary/aromatic N) is 1. The first-order chi connectivity index (χ1) is 15.9. The van der Waals surface area contributed by atoms with Crippen molar-refractivity contribution in [1.82, 2.24) is 10.2 Å². The number of carboxylic acid groups (broad SMARTS) is 1. The monoisotopic (exact) mass is 444 g/mol. The van der Waals surface area contributed by atoms with Gasteiger partial charge in [-0.1, -0.05) is 48.5 Å². The Labute approximate surface area is 193 Å². The van der Waals surface area contributed by atoms with Gasteiger partial charge in [0.1, 0.15) is 0 Å². The number of rotatable bonds is 6. The average Bonchev–Trinajstić information content (AvgIpc) is 3.35. The van der Waals surface area contributed by atoms with E-state index in [-0.39, 0.29) is 18.0 Å². The highest BCUT2D eigenvalue weighted by atomic mass is 16.4. The summed E-state index contributed by atoms with van der Waals surface area (Å²) in [6, 6.07) is 22.1. The first-order valence-corrected chi connectivity index (χ1v) is 11.0. The molecule has 0 spiro atoms. The predicted molar refractivity (Wildman–Crippen MR) is 130 cm³/mol. The van der Waals surface area contributed by atoms with E-state index in [1.54, 1.807) is 18.2 Å². The minimum Gasteiger partial charge on any atom is -0.465 e. The van der Waals surface area contributed by atoms with Crippen molar-refractivity contribution in [2.75, 3.05) is 24.1 Å². The Morgan fingerprint density at radius 1 is 1.06 bits per heavy atom. The van der Waals surface area contributed by atoms with E-state index in [0.717, 1.165) is 29.7 Å². The molecule has 7 heteroatoms. The average molecular weight is 445 g/mol. The summed E-state index contributed by atoms with van der Waals surface area (Å²) in [4.78, 5) is 26.2. The maximum absolute atomic E-state index is 12.9. The number of benzene rings is 3. The van der Waals surface area contributed by atoms with Gasteiger partial charge in [-0.3, -0.25) is 9.69 Å². The Morgan fingerprint density at radius 3 is 2.42 bits per heavy atom. The Morgan fingerprint density at radius 2 is 1.79 bits per heavy atom. The molecule has 1 saturated heterocycles. The van der Waals surface area contributed by atoms with Crippen LogP contribution in [0.1, 0.15) is 35.3 Å². The van der Waals surface area contributed by atoms with E-state index in [4.69, 9.17) is 5.73 Å². The SMILES string of the molecule is CC(c1ccc(C(=O)Nc2cc(-c3ccccc3)ccc2N)cc1)N(C(=O)O)C1CCNC1. The maximum Gasteiger partial charge on any atom is 0.408 e. The highest BCUT2D eigenvalue weighted by Crippen LogP contribution is 2.28. The molecule has 33 heavy (non-hydrogen) atoms. The fourth-order valence-electron chi connectivity index (χ4n) is 4.26. The molecule has 0 aliphatic carbocycles.